The predicted molar refractivity (Wildman–Crippen MR) is 63.3 cm³/mol. The molecule has 1 aromatic rings. The maximum absolute atomic E-state index is 6.04. The van der Waals surface area contributed by atoms with Crippen LogP contribution in [0.5, 0.6) is 0 Å². The molecule has 1 rings (SSSR count). The number of nitrogens with two attached hydrogens (primary N) is 1. The molecule has 2 nitrogen and oxygen atoms in total. The molecule has 0 amide bonds. The minimum Gasteiger partial charge on any atom is -0.380 e. The van der Waals surface area contributed by atoms with Crippen LogP contribution in [0.1, 0.15) is 12.5 Å². The standard InChI is InChI=1S/C10H14Cl2N2/c1-6-3-9(12)10(4-8(6)11)14-7(2)5-13/h3-4,7,14H,5,13H2,1-2H3. The molecule has 1 aromatic carbocycles. The highest BCUT2D eigenvalue weighted by Crippen LogP contribution is 2.29. The first kappa shape index (κ1) is 11.6. The molecule has 0 saturated heterocycles. The van der Waals surface area contributed by atoms with E-state index in [0.29, 0.717) is 16.6 Å². The quantitative estimate of drug-likeness (QED) is 0.841. The molecule has 0 aromatic heterocycles. The van der Waals surface area contributed by atoms with Crippen LogP contribution < -0.4 is 11.1 Å². The number of nitrogens with one attached hydrogen (secondary N) is 1. The van der Waals surface area contributed by atoms with Gasteiger partial charge in [-0.2, -0.15) is 0 Å². The van der Waals surface area contributed by atoms with Crippen molar-refractivity contribution in [3.8, 4) is 0 Å². The van der Waals surface area contributed by atoms with Gasteiger partial charge in [-0.05, 0) is 31.5 Å². The largest absolute Gasteiger partial charge is 0.380 e. The van der Waals surface area contributed by atoms with Crippen molar-refractivity contribution in [3.63, 3.8) is 0 Å². The van der Waals surface area contributed by atoms with Crippen molar-refractivity contribution in [1.82, 2.24) is 0 Å². The molecule has 0 aliphatic rings. The zero-order valence-corrected chi connectivity index (χ0v) is 9.78. The summed E-state index contributed by atoms with van der Waals surface area (Å²) in [4.78, 5) is 0. The lowest BCUT2D eigenvalue weighted by molar-refractivity contribution is 0.804. The third-order valence-electron chi connectivity index (χ3n) is 2.00. The molecule has 0 bridgehead atoms. The molecule has 78 valence electrons. The van der Waals surface area contributed by atoms with Gasteiger partial charge in [-0.3, -0.25) is 0 Å². The van der Waals surface area contributed by atoms with Crippen molar-refractivity contribution in [2.45, 2.75) is 19.9 Å². The van der Waals surface area contributed by atoms with Gasteiger partial charge in [0.05, 0.1) is 10.7 Å². The van der Waals surface area contributed by atoms with E-state index in [-0.39, 0.29) is 6.04 Å². The molecule has 1 atom stereocenters. The number of halogens is 2. The second-order valence-electron chi connectivity index (χ2n) is 3.36. The fourth-order valence-electron chi connectivity index (χ4n) is 1.08. The topological polar surface area (TPSA) is 38.0 Å². The van der Waals surface area contributed by atoms with E-state index >= 15 is 0 Å². The first-order valence-electron chi connectivity index (χ1n) is 4.47. The van der Waals surface area contributed by atoms with Crippen molar-refractivity contribution in [3.05, 3.63) is 27.7 Å². The van der Waals surface area contributed by atoms with Gasteiger partial charge in [-0.1, -0.05) is 23.2 Å². The Balaban J connectivity index is 2.92. The molecule has 0 fully saturated rings. The van der Waals surface area contributed by atoms with E-state index in [4.69, 9.17) is 28.9 Å². The van der Waals surface area contributed by atoms with Crippen LogP contribution in [-0.2, 0) is 0 Å². The number of benzene rings is 1. The molecule has 0 radical (unpaired) electrons. The monoisotopic (exact) mass is 232 g/mol. The van der Waals surface area contributed by atoms with E-state index in [1.54, 1.807) is 0 Å². The lowest BCUT2D eigenvalue weighted by atomic mass is 10.2. The van der Waals surface area contributed by atoms with Crippen LogP contribution in [0.15, 0.2) is 12.1 Å². The van der Waals surface area contributed by atoms with Gasteiger partial charge in [0.25, 0.3) is 0 Å². The molecule has 0 aliphatic carbocycles. The molecular formula is C10H14Cl2N2. The molecule has 3 N–H and O–H groups in total. The maximum atomic E-state index is 6.04. The molecular weight excluding hydrogens is 219 g/mol. The number of hydrogen-bond donors (Lipinski definition) is 2. The summed E-state index contributed by atoms with van der Waals surface area (Å²) in [5, 5.41) is 4.57. The first-order valence-corrected chi connectivity index (χ1v) is 5.22. The molecule has 0 spiro atoms. The van der Waals surface area contributed by atoms with Gasteiger partial charge in [0.15, 0.2) is 0 Å². The van der Waals surface area contributed by atoms with Crippen LogP contribution in [0.3, 0.4) is 0 Å². The highest BCUT2D eigenvalue weighted by molar-refractivity contribution is 6.35. The Kier molecular flexibility index (Phi) is 4.05. The highest BCUT2D eigenvalue weighted by Gasteiger charge is 2.06. The van der Waals surface area contributed by atoms with Crippen molar-refractivity contribution in [2.75, 3.05) is 11.9 Å². The van der Waals surface area contributed by atoms with E-state index in [9.17, 15) is 0 Å². The van der Waals surface area contributed by atoms with E-state index < -0.39 is 0 Å². The van der Waals surface area contributed by atoms with Crippen LogP contribution >= 0.6 is 23.2 Å². The summed E-state index contributed by atoms with van der Waals surface area (Å²) in [6, 6.07) is 3.85. The number of hydrogen-bond acceptors (Lipinski definition) is 2. The third kappa shape index (κ3) is 2.77. The highest BCUT2D eigenvalue weighted by atomic mass is 35.5. The van der Waals surface area contributed by atoms with Gasteiger partial charge in [0.2, 0.25) is 0 Å². The minimum atomic E-state index is 0.186. The fourth-order valence-corrected chi connectivity index (χ4v) is 1.52. The van der Waals surface area contributed by atoms with E-state index in [2.05, 4.69) is 5.32 Å². The van der Waals surface area contributed by atoms with Crippen LogP contribution in [0.4, 0.5) is 5.69 Å². The van der Waals surface area contributed by atoms with Gasteiger partial charge in [-0.15, -0.1) is 0 Å². The summed E-state index contributed by atoms with van der Waals surface area (Å²) in [5.74, 6) is 0. The SMILES string of the molecule is Cc1cc(Cl)c(NC(C)CN)cc1Cl. The van der Waals surface area contributed by atoms with Gasteiger partial charge < -0.3 is 11.1 Å². The summed E-state index contributed by atoms with van der Waals surface area (Å²) in [6.07, 6.45) is 0. The van der Waals surface area contributed by atoms with Gasteiger partial charge >= 0.3 is 0 Å². The number of rotatable bonds is 3. The zero-order chi connectivity index (χ0) is 10.7. The van der Waals surface area contributed by atoms with Crippen LogP contribution in [0.2, 0.25) is 10.0 Å². The first-order chi connectivity index (χ1) is 6.54. The molecule has 0 saturated carbocycles. The molecule has 4 heteroatoms. The Morgan fingerprint density at radius 2 is 2.00 bits per heavy atom. The van der Waals surface area contributed by atoms with Crippen LogP contribution in [0, 0.1) is 6.92 Å². The minimum absolute atomic E-state index is 0.186. The predicted octanol–water partition coefficient (Wildman–Crippen LogP) is 3.06. The second kappa shape index (κ2) is 4.87. The van der Waals surface area contributed by atoms with E-state index in [1.807, 2.05) is 26.0 Å². The molecule has 0 aliphatic heterocycles. The van der Waals surface area contributed by atoms with Crippen LogP contribution in [0.25, 0.3) is 0 Å². The maximum Gasteiger partial charge on any atom is 0.0641 e. The summed E-state index contributed by atoms with van der Waals surface area (Å²) in [7, 11) is 0. The van der Waals surface area contributed by atoms with Gasteiger partial charge in [0, 0.05) is 17.6 Å². The van der Waals surface area contributed by atoms with Crippen molar-refractivity contribution in [1.29, 1.82) is 0 Å². The lowest BCUT2D eigenvalue weighted by Crippen LogP contribution is -2.25. The summed E-state index contributed by atoms with van der Waals surface area (Å²) in [6.45, 7) is 4.47. The Labute approximate surface area is 94.4 Å². The van der Waals surface area contributed by atoms with E-state index in [0.717, 1.165) is 11.3 Å². The summed E-state index contributed by atoms with van der Waals surface area (Å²) >= 11 is 12.0. The van der Waals surface area contributed by atoms with Gasteiger partial charge in [0.1, 0.15) is 0 Å². The molecule has 0 heterocycles. The average Bonchev–Trinajstić information content (AvgIpc) is 2.14. The van der Waals surface area contributed by atoms with Crippen molar-refractivity contribution < 1.29 is 0 Å². The molecule has 1 unspecified atom stereocenters. The lowest BCUT2D eigenvalue weighted by Gasteiger charge is -2.15. The van der Waals surface area contributed by atoms with Crippen molar-refractivity contribution >= 4 is 28.9 Å². The third-order valence-corrected chi connectivity index (χ3v) is 2.72. The fraction of sp³-hybridized carbons (Fsp3) is 0.400. The van der Waals surface area contributed by atoms with Gasteiger partial charge in [-0.25, -0.2) is 0 Å². The second-order valence-corrected chi connectivity index (χ2v) is 4.18. The smallest absolute Gasteiger partial charge is 0.0641 e. The Morgan fingerprint density at radius 1 is 1.36 bits per heavy atom. The number of anilines is 1. The molecule has 14 heavy (non-hydrogen) atoms. The van der Waals surface area contributed by atoms with Crippen LogP contribution in [-0.4, -0.2) is 12.6 Å². The summed E-state index contributed by atoms with van der Waals surface area (Å²) < 4.78 is 0. The Morgan fingerprint density at radius 3 is 2.57 bits per heavy atom. The zero-order valence-electron chi connectivity index (χ0n) is 8.27. The average molecular weight is 233 g/mol. The normalized spacial score (nSPS) is 12.6. The Bertz CT molecular complexity index is 326. The van der Waals surface area contributed by atoms with E-state index in [1.165, 1.54) is 0 Å². The Hall–Kier alpha value is -0.440. The van der Waals surface area contributed by atoms with Crippen molar-refractivity contribution in [2.24, 2.45) is 5.73 Å². The number of aryl methyl sites for hydroxylation is 1. The summed E-state index contributed by atoms with van der Waals surface area (Å²) in [5.41, 5.74) is 7.31.